The molecule has 3 aromatic heterocycles. The largest absolute Gasteiger partial charge is 0.374 e. The first-order valence-electron chi connectivity index (χ1n) is 13.5. The number of fused-ring (bicyclic) bond motifs is 1. The molecule has 216 valence electrons. The molecule has 5 rings (SSSR count). The van der Waals surface area contributed by atoms with Crippen LogP contribution in [0.1, 0.15) is 33.3 Å². The average molecular weight is 565 g/mol. The van der Waals surface area contributed by atoms with Gasteiger partial charge in [0.1, 0.15) is 11.6 Å². The van der Waals surface area contributed by atoms with Crippen LogP contribution in [-0.4, -0.2) is 56.8 Å². The Kier molecular flexibility index (Phi) is 8.13. The Morgan fingerprint density at radius 3 is 2.61 bits per heavy atom. The third-order valence-corrected chi connectivity index (χ3v) is 7.09. The van der Waals surface area contributed by atoms with Crippen LogP contribution in [0.5, 0.6) is 0 Å². The SMILES string of the molecule is CC(=O)N[C@@H]1[C@H](N)CN(c2ccncc2Nc2ncc3ccc(-c4c(F)cc(COC(C)C)cc4F)nn23)C[C@@H]1C. The fourth-order valence-electron chi connectivity index (χ4n) is 5.20. The van der Waals surface area contributed by atoms with E-state index in [9.17, 15) is 4.79 Å². The van der Waals surface area contributed by atoms with Gasteiger partial charge in [-0.15, -0.1) is 0 Å². The first-order valence-corrected chi connectivity index (χ1v) is 13.5. The number of amides is 1. The number of ether oxygens (including phenoxy) is 1. The number of benzene rings is 1. The van der Waals surface area contributed by atoms with E-state index < -0.39 is 11.6 Å². The zero-order valence-corrected chi connectivity index (χ0v) is 23.4. The van der Waals surface area contributed by atoms with Crippen molar-refractivity contribution in [2.45, 2.75) is 52.5 Å². The normalized spacial score (nSPS) is 19.1. The number of nitrogens with zero attached hydrogens (tertiary/aromatic N) is 5. The molecule has 1 aliphatic heterocycles. The Morgan fingerprint density at radius 1 is 1.17 bits per heavy atom. The maximum Gasteiger partial charge on any atom is 0.229 e. The summed E-state index contributed by atoms with van der Waals surface area (Å²) in [6.45, 7) is 8.56. The van der Waals surface area contributed by atoms with E-state index in [-0.39, 0.29) is 47.9 Å². The van der Waals surface area contributed by atoms with Crippen LogP contribution in [0, 0.1) is 17.6 Å². The van der Waals surface area contributed by atoms with E-state index in [1.807, 2.05) is 19.9 Å². The van der Waals surface area contributed by atoms with Crippen molar-refractivity contribution in [2.75, 3.05) is 23.3 Å². The van der Waals surface area contributed by atoms with E-state index in [2.05, 4.69) is 37.5 Å². The maximum atomic E-state index is 15.1. The van der Waals surface area contributed by atoms with Gasteiger partial charge in [0.25, 0.3) is 0 Å². The summed E-state index contributed by atoms with van der Waals surface area (Å²) in [4.78, 5) is 22.5. The lowest BCUT2D eigenvalue weighted by molar-refractivity contribution is -0.120. The highest BCUT2D eigenvalue weighted by atomic mass is 19.1. The predicted molar refractivity (Wildman–Crippen MR) is 153 cm³/mol. The molecule has 3 atom stereocenters. The number of rotatable bonds is 8. The zero-order chi connectivity index (χ0) is 29.3. The average Bonchev–Trinajstić information content (AvgIpc) is 3.31. The van der Waals surface area contributed by atoms with E-state index in [4.69, 9.17) is 10.5 Å². The van der Waals surface area contributed by atoms with Crippen molar-refractivity contribution >= 4 is 28.7 Å². The Morgan fingerprint density at radius 2 is 1.93 bits per heavy atom. The first-order chi connectivity index (χ1) is 19.6. The second-order valence-corrected chi connectivity index (χ2v) is 10.7. The second-order valence-electron chi connectivity index (χ2n) is 10.7. The number of hydrogen-bond donors (Lipinski definition) is 3. The fourth-order valence-corrected chi connectivity index (χ4v) is 5.20. The maximum absolute atomic E-state index is 15.1. The molecule has 0 bridgehead atoms. The lowest BCUT2D eigenvalue weighted by Crippen LogP contribution is -2.61. The van der Waals surface area contributed by atoms with Crippen LogP contribution in [0.15, 0.2) is 48.9 Å². The van der Waals surface area contributed by atoms with Gasteiger partial charge in [0.15, 0.2) is 0 Å². The Labute approximate surface area is 236 Å². The summed E-state index contributed by atoms with van der Waals surface area (Å²) >= 11 is 0. The van der Waals surface area contributed by atoms with Crippen LogP contribution in [-0.2, 0) is 16.1 Å². The number of anilines is 3. The van der Waals surface area contributed by atoms with Gasteiger partial charge in [-0.1, -0.05) is 6.92 Å². The van der Waals surface area contributed by atoms with E-state index in [0.29, 0.717) is 35.8 Å². The highest BCUT2D eigenvalue weighted by molar-refractivity contribution is 5.75. The molecule has 1 fully saturated rings. The third-order valence-electron chi connectivity index (χ3n) is 7.09. The summed E-state index contributed by atoms with van der Waals surface area (Å²) in [5.41, 5.74) is 8.90. The van der Waals surface area contributed by atoms with Gasteiger partial charge in [-0.25, -0.2) is 13.8 Å². The van der Waals surface area contributed by atoms with Crippen molar-refractivity contribution < 1.29 is 18.3 Å². The van der Waals surface area contributed by atoms with Crippen LogP contribution in [0.3, 0.4) is 0 Å². The molecule has 12 heteroatoms. The predicted octanol–water partition coefficient (Wildman–Crippen LogP) is 4.03. The van der Waals surface area contributed by atoms with Gasteiger partial charge in [-0.2, -0.15) is 9.61 Å². The molecule has 0 unspecified atom stereocenters. The van der Waals surface area contributed by atoms with Crippen LogP contribution in [0.2, 0.25) is 0 Å². The topological polar surface area (TPSA) is 123 Å². The minimum Gasteiger partial charge on any atom is -0.374 e. The number of carbonyl (C=O) groups is 1. The zero-order valence-electron chi connectivity index (χ0n) is 23.4. The highest BCUT2D eigenvalue weighted by Gasteiger charge is 2.34. The Hall–Kier alpha value is -4.16. The lowest BCUT2D eigenvalue weighted by Gasteiger charge is -2.42. The minimum atomic E-state index is -0.725. The molecule has 0 radical (unpaired) electrons. The van der Waals surface area contributed by atoms with Gasteiger partial charge in [0.05, 0.1) is 53.3 Å². The summed E-state index contributed by atoms with van der Waals surface area (Å²) in [5.74, 6) is -1.10. The van der Waals surface area contributed by atoms with Crippen LogP contribution < -0.4 is 21.3 Å². The quantitative estimate of drug-likeness (QED) is 0.293. The molecule has 4 aromatic rings. The summed E-state index contributed by atoms with van der Waals surface area (Å²) in [7, 11) is 0. The molecule has 1 aromatic carbocycles. The van der Waals surface area contributed by atoms with Gasteiger partial charge in [-0.05, 0) is 55.7 Å². The molecule has 4 N–H and O–H groups in total. The highest BCUT2D eigenvalue weighted by Crippen LogP contribution is 2.32. The molecule has 0 saturated carbocycles. The molecule has 4 heterocycles. The van der Waals surface area contributed by atoms with Crippen molar-refractivity contribution in [3.8, 4) is 11.3 Å². The van der Waals surface area contributed by atoms with Crippen LogP contribution in [0.4, 0.5) is 26.1 Å². The minimum absolute atomic E-state index is 0.0620. The van der Waals surface area contributed by atoms with Gasteiger partial charge in [0.2, 0.25) is 11.9 Å². The van der Waals surface area contributed by atoms with E-state index >= 15 is 8.78 Å². The summed E-state index contributed by atoms with van der Waals surface area (Å²) in [6, 6.07) is 7.28. The molecule has 10 nitrogen and oxygen atoms in total. The van der Waals surface area contributed by atoms with Gasteiger partial charge in [0, 0.05) is 38.3 Å². The van der Waals surface area contributed by atoms with Crippen molar-refractivity contribution in [3.05, 3.63) is 66.1 Å². The molecular formula is C29H34F2N8O2. The van der Waals surface area contributed by atoms with Crippen molar-refractivity contribution in [1.29, 1.82) is 0 Å². The standard InChI is InChI=1S/C29H34F2N8O2/c1-16(2)41-15-19-9-21(30)27(22(31)10-19)24-6-5-20-11-34-29(39(20)37-24)36-25-12-33-8-7-26(25)38-13-17(3)28(23(32)14-38)35-18(4)40/h5-12,16-17,23,28H,13-15,32H2,1-4H3,(H,34,36)(H,35,40)/t17-,23+,28-/m0/s1. The van der Waals surface area contributed by atoms with Crippen LogP contribution >= 0.6 is 0 Å². The number of imidazole rings is 1. The molecule has 0 aliphatic carbocycles. The van der Waals surface area contributed by atoms with Crippen molar-refractivity contribution in [3.63, 3.8) is 0 Å². The lowest BCUT2D eigenvalue weighted by atomic mass is 9.89. The molecule has 41 heavy (non-hydrogen) atoms. The van der Waals surface area contributed by atoms with E-state index in [1.165, 1.54) is 23.6 Å². The smallest absolute Gasteiger partial charge is 0.229 e. The summed E-state index contributed by atoms with van der Waals surface area (Å²) in [5, 5.41) is 10.8. The second kappa shape index (κ2) is 11.8. The molecule has 1 aliphatic rings. The van der Waals surface area contributed by atoms with Gasteiger partial charge < -0.3 is 26.0 Å². The Balaban J connectivity index is 1.43. The number of carbonyl (C=O) groups excluding carboxylic acids is 1. The summed E-state index contributed by atoms with van der Waals surface area (Å²) < 4.78 is 37.2. The number of hydrogen-bond acceptors (Lipinski definition) is 8. The molecule has 0 spiro atoms. The number of piperidine rings is 1. The van der Waals surface area contributed by atoms with Crippen LogP contribution in [0.25, 0.3) is 16.8 Å². The molecule has 1 amide bonds. The number of nitrogens with one attached hydrogen (secondary N) is 2. The Bertz CT molecular complexity index is 1520. The van der Waals surface area contributed by atoms with Gasteiger partial charge >= 0.3 is 0 Å². The van der Waals surface area contributed by atoms with Crippen molar-refractivity contribution in [2.24, 2.45) is 11.7 Å². The van der Waals surface area contributed by atoms with E-state index in [0.717, 1.165) is 5.69 Å². The summed E-state index contributed by atoms with van der Waals surface area (Å²) in [6.07, 6.45) is 4.92. The van der Waals surface area contributed by atoms with E-state index in [1.54, 1.807) is 30.7 Å². The van der Waals surface area contributed by atoms with Gasteiger partial charge in [-0.3, -0.25) is 9.78 Å². The van der Waals surface area contributed by atoms with Crippen molar-refractivity contribution in [1.82, 2.24) is 24.9 Å². The fraction of sp³-hybridized carbons (Fsp3) is 0.379. The number of aromatic nitrogens is 4. The number of nitrogens with two attached hydrogens (primary N) is 1. The molecule has 1 saturated heterocycles. The molecular weight excluding hydrogens is 530 g/mol. The first kappa shape index (κ1) is 28.4. The third kappa shape index (κ3) is 6.13. The monoisotopic (exact) mass is 564 g/mol. The number of pyridine rings is 1. The number of halogens is 2.